The summed E-state index contributed by atoms with van der Waals surface area (Å²) in [5.41, 5.74) is 1.71. The second-order valence-corrected chi connectivity index (χ2v) is 3.92. The minimum Gasteiger partial charge on any atom is -0.385 e. The Balaban J connectivity index is 2.55. The van der Waals surface area contributed by atoms with E-state index in [1.807, 2.05) is 25.1 Å². The van der Waals surface area contributed by atoms with Gasteiger partial charge in [0, 0.05) is 24.2 Å². The Labute approximate surface area is 78.0 Å². The molecule has 0 aliphatic carbocycles. The van der Waals surface area contributed by atoms with E-state index < -0.39 is 5.67 Å². The predicted molar refractivity (Wildman–Crippen MR) is 52.7 cm³/mol. The van der Waals surface area contributed by atoms with Crippen LogP contribution in [-0.2, 0) is 5.67 Å². The van der Waals surface area contributed by atoms with Crippen LogP contribution in [0.3, 0.4) is 0 Å². The molecular formula is C11H14FN. The maximum atomic E-state index is 14.0. The van der Waals surface area contributed by atoms with Crippen LogP contribution in [0.2, 0.25) is 0 Å². The number of alkyl halides is 1. The van der Waals surface area contributed by atoms with E-state index in [1.165, 1.54) is 0 Å². The first kappa shape index (κ1) is 8.54. The zero-order valence-corrected chi connectivity index (χ0v) is 8.02. The third-order valence-corrected chi connectivity index (χ3v) is 2.65. The van der Waals surface area contributed by atoms with Gasteiger partial charge >= 0.3 is 0 Å². The summed E-state index contributed by atoms with van der Waals surface area (Å²) in [6.45, 7) is 4.38. The highest BCUT2D eigenvalue weighted by Gasteiger charge is 2.31. The number of nitrogens with one attached hydrogen (secondary N) is 1. The van der Waals surface area contributed by atoms with Crippen molar-refractivity contribution in [1.29, 1.82) is 0 Å². The standard InChI is InChI=1S/C11H14FN/c1-8-3-4-10-9(7-8)11(2,12)5-6-13-10/h3-4,7,13H,5-6H2,1-2H3. The van der Waals surface area contributed by atoms with Gasteiger partial charge in [-0.05, 0) is 19.9 Å². The lowest BCUT2D eigenvalue weighted by Gasteiger charge is -2.29. The van der Waals surface area contributed by atoms with E-state index in [1.54, 1.807) is 6.92 Å². The van der Waals surface area contributed by atoms with Gasteiger partial charge in [0.05, 0.1) is 0 Å². The van der Waals surface area contributed by atoms with Crippen LogP contribution in [0.15, 0.2) is 18.2 Å². The number of hydrogen-bond acceptors (Lipinski definition) is 1. The fourth-order valence-electron chi connectivity index (χ4n) is 1.81. The van der Waals surface area contributed by atoms with Gasteiger partial charge in [-0.1, -0.05) is 17.7 Å². The van der Waals surface area contributed by atoms with Gasteiger partial charge in [0.15, 0.2) is 0 Å². The SMILES string of the molecule is Cc1ccc2c(c1)C(C)(F)CCN2. The summed E-state index contributed by atoms with van der Waals surface area (Å²) in [6, 6.07) is 5.90. The average Bonchev–Trinajstić information content (AvgIpc) is 2.06. The number of benzene rings is 1. The van der Waals surface area contributed by atoms with Gasteiger partial charge in [-0.25, -0.2) is 4.39 Å². The van der Waals surface area contributed by atoms with Gasteiger partial charge in [-0.2, -0.15) is 0 Å². The Kier molecular flexibility index (Phi) is 1.79. The third kappa shape index (κ3) is 1.41. The highest BCUT2D eigenvalue weighted by Crippen LogP contribution is 2.38. The summed E-state index contributed by atoms with van der Waals surface area (Å²) in [5, 5.41) is 3.21. The van der Waals surface area contributed by atoms with Crippen molar-refractivity contribution in [3.63, 3.8) is 0 Å². The van der Waals surface area contributed by atoms with Gasteiger partial charge < -0.3 is 5.32 Å². The second kappa shape index (κ2) is 2.72. The molecule has 1 aliphatic heterocycles. The molecule has 2 rings (SSSR count). The molecule has 1 aromatic rings. The maximum Gasteiger partial charge on any atom is 0.136 e. The highest BCUT2D eigenvalue weighted by molar-refractivity contribution is 5.57. The van der Waals surface area contributed by atoms with Gasteiger partial charge in [0.25, 0.3) is 0 Å². The van der Waals surface area contributed by atoms with E-state index in [4.69, 9.17) is 0 Å². The molecule has 1 nitrogen and oxygen atoms in total. The largest absolute Gasteiger partial charge is 0.385 e. The lowest BCUT2D eigenvalue weighted by atomic mass is 9.89. The number of halogens is 1. The van der Waals surface area contributed by atoms with Gasteiger partial charge in [-0.3, -0.25) is 0 Å². The Morgan fingerprint density at radius 1 is 1.46 bits per heavy atom. The van der Waals surface area contributed by atoms with Crippen molar-refractivity contribution in [3.05, 3.63) is 29.3 Å². The highest BCUT2D eigenvalue weighted by atomic mass is 19.1. The summed E-state index contributed by atoms with van der Waals surface area (Å²) < 4.78 is 14.0. The van der Waals surface area contributed by atoms with Crippen molar-refractivity contribution in [1.82, 2.24) is 0 Å². The van der Waals surface area contributed by atoms with Crippen molar-refractivity contribution in [3.8, 4) is 0 Å². The zero-order chi connectivity index (χ0) is 9.47. The molecule has 1 aliphatic rings. The minimum atomic E-state index is -1.16. The van der Waals surface area contributed by atoms with Crippen LogP contribution in [0, 0.1) is 6.92 Å². The maximum absolute atomic E-state index is 14.0. The number of anilines is 1. The van der Waals surface area contributed by atoms with Crippen LogP contribution in [0.1, 0.15) is 24.5 Å². The molecular weight excluding hydrogens is 165 g/mol. The Bertz CT molecular complexity index is 331. The van der Waals surface area contributed by atoms with Crippen LogP contribution >= 0.6 is 0 Å². The average molecular weight is 179 g/mol. The molecule has 1 atom stereocenters. The first-order valence-electron chi connectivity index (χ1n) is 4.63. The van der Waals surface area contributed by atoms with Crippen molar-refractivity contribution < 1.29 is 4.39 Å². The van der Waals surface area contributed by atoms with Crippen LogP contribution in [0.4, 0.5) is 10.1 Å². The summed E-state index contributed by atoms with van der Waals surface area (Å²) in [7, 11) is 0. The van der Waals surface area contributed by atoms with E-state index >= 15 is 0 Å². The quantitative estimate of drug-likeness (QED) is 0.645. The van der Waals surface area contributed by atoms with Crippen molar-refractivity contribution in [2.75, 3.05) is 11.9 Å². The molecule has 1 unspecified atom stereocenters. The van der Waals surface area contributed by atoms with Crippen LogP contribution < -0.4 is 5.32 Å². The van der Waals surface area contributed by atoms with E-state index in [9.17, 15) is 4.39 Å². The van der Waals surface area contributed by atoms with Gasteiger partial charge in [-0.15, -0.1) is 0 Å². The molecule has 1 aromatic carbocycles. The topological polar surface area (TPSA) is 12.0 Å². The summed E-state index contributed by atoms with van der Waals surface area (Å²) in [5.74, 6) is 0. The van der Waals surface area contributed by atoms with E-state index in [0.717, 1.165) is 23.4 Å². The first-order chi connectivity index (χ1) is 6.09. The number of hydrogen-bond donors (Lipinski definition) is 1. The number of rotatable bonds is 0. The van der Waals surface area contributed by atoms with Crippen LogP contribution in [0.5, 0.6) is 0 Å². The fourth-order valence-corrected chi connectivity index (χ4v) is 1.81. The predicted octanol–water partition coefficient (Wildman–Crippen LogP) is 3.00. The summed E-state index contributed by atoms with van der Waals surface area (Å²) in [6.07, 6.45) is 0.559. The minimum absolute atomic E-state index is 0.559. The van der Waals surface area contributed by atoms with E-state index in [0.29, 0.717) is 6.42 Å². The van der Waals surface area contributed by atoms with Crippen molar-refractivity contribution in [2.24, 2.45) is 0 Å². The molecule has 0 saturated heterocycles. The Morgan fingerprint density at radius 2 is 2.23 bits per heavy atom. The molecule has 0 bridgehead atoms. The first-order valence-corrected chi connectivity index (χ1v) is 4.63. The Morgan fingerprint density at radius 3 is 3.00 bits per heavy atom. The molecule has 0 radical (unpaired) electrons. The lowest BCUT2D eigenvalue weighted by Crippen LogP contribution is -2.27. The summed E-state index contributed by atoms with van der Waals surface area (Å²) >= 11 is 0. The Hall–Kier alpha value is -1.05. The normalized spacial score (nSPS) is 26.4. The molecule has 0 fully saturated rings. The van der Waals surface area contributed by atoms with Crippen LogP contribution in [-0.4, -0.2) is 6.54 Å². The molecule has 1 heterocycles. The molecule has 0 spiro atoms. The zero-order valence-electron chi connectivity index (χ0n) is 8.02. The molecule has 70 valence electrons. The summed E-state index contributed by atoms with van der Waals surface area (Å²) in [4.78, 5) is 0. The smallest absolute Gasteiger partial charge is 0.136 e. The number of aryl methyl sites for hydroxylation is 1. The van der Waals surface area contributed by atoms with Crippen molar-refractivity contribution >= 4 is 5.69 Å². The molecule has 0 saturated carbocycles. The molecule has 13 heavy (non-hydrogen) atoms. The lowest BCUT2D eigenvalue weighted by molar-refractivity contribution is 0.178. The van der Waals surface area contributed by atoms with Gasteiger partial charge in [0.1, 0.15) is 5.67 Å². The van der Waals surface area contributed by atoms with E-state index in [2.05, 4.69) is 5.32 Å². The molecule has 2 heteroatoms. The van der Waals surface area contributed by atoms with E-state index in [-0.39, 0.29) is 0 Å². The molecule has 0 amide bonds. The van der Waals surface area contributed by atoms with Crippen LogP contribution in [0.25, 0.3) is 0 Å². The second-order valence-electron chi connectivity index (χ2n) is 3.92. The monoisotopic (exact) mass is 179 g/mol. The van der Waals surface area contributed by atoms with Gasteiger partial charge in [0.2, 0.25) is 0 Å². The molecule has 1 N–H and O–H groups in total. The third-order valence-electron chi connectivity index (χ3n) is 2.65. The number of fused-ring (bicyclic) bond motifs is 1. The molecule has 0 aromatic heterocycles. The van der Waals surface area contributed by atoms with Crippen molar-refractivity contribution in [2.45, 2.75) is 25.9 Å². The fraction of sp³-hybridized carbons (Fsp3) is 0.455.